The smallest absolute Gasteiger partial charge is 0.270 e. The molecule has 0 heterocycles. The van der Waals surface area contributed by atoms with Crippen molar-refractivity contribution in [1.29, 1.82) is 0 Å². The van der Waals surface area contributed by atoms with Crippen molar-refractivity contribution < 1.29 is 10.0 Å². The van der Waals surface area contributed by atoms with E-state index in [2.05, 4.69) is 15.9 Å². The number of hydrogen-bond donors (Lipinski definition) is 1. The highest BCUT2D eigenvalue weighted by Gasteiger charge is 2.48. The van der Waals surface area contributed by atoms with Crippen molar-refractivity contribution in [3.05, 3.63) is 38.3 Å². The van der Waals surface area contributed by atoms with Gasteiger partial charge in [-0.05, 0) is 31.4 Å². The van der Waals surface area contributed by atoms with Gasteiger partial charge in [-0.3, -0.25) is 10.1 Å². The number of rotatable bonds is 3. The molecule has 1 aromatic rings. The molecule has 86 valence electrons. The van der Waals surface area contributed by atoms with E-state index < -0.39 is 11.0 Å². The van der Waals surface area contributed by atoms with Gasteiger partial charge in [-0.15, -0.1) is 0 Å². The summed E-state index contributed by atoms with van der Waals surface area (Å²) in [4.78, 5) is 10.3. The Kier molecular flexibility index (Phi) is 2.75. The average molecular weight is 286 g/mol. The summed E-state index contributed by atoms with van der Waals surface area (Å²) in [5.41, 5.74) is 0.647. The van der Waals surface area contributed by atoms with Gasteiger partial charge in [0.15, 0.2) is 0 Å². The Morgan fingerprint density at radius 2 is 2.12 bits per heavy atom. The lowest BCUT2D eigenvalue weighted by molar-refractivity contribution is -0.385. The van der Waals surface area contributed by atoms with E-state index in [9.17, 15) is 15.2 Å². The molecule has 1 aromatic carbocycles. The summed E-state index contributed by atoms with van der Waals surface area (Å²) >= 11 is 3.26. The molecule has 5 heteroatoms. The van der Waals surface area contributed by atoms with Gasteiger partial charge < -0.3 is 5.11 Å². The van der Waals surface area contributed by atoms with Crippen LogP contribution in [0.15, 0.2) is 22.7 Å². The van der Waals surface area contributed by atoms with Crippen molar-refractivity contribution in [2.75, 3.05) is 0 Å². The molecule has 0 aliphatic heterocycles. The maximum atomic E-state index is 10.7. The molecule has 1 atom stereocenters. The lowest BCUT2D eigenvalue weighted by atomic mass is 9.90. The predicted octanol–water partition coefficient (Wildman–Crippen LogP) is 2.77. The lowest BCUT2D eigenvalue weighted by Crippen LogP contribution is -2.22. The summed E-state index contributed by atoms with van der Waals surface area (Å²) in [7, 11) is 0. The van der Waals surface area contributed by atoms with Gasteiger partial charge in [-0.25, -0.2) is 0 Å². The highest BCUT2D eigenvalue weighted by atomic mass is 79.9. The molecule has 1 saturated carbocycles. The van der Waals surface area contributed by atoms with Crippen LogP contribution in [0.4, 0.5) is 5.69 Å². The number of nitro benzene ring substituents is 1. The van der Waals surface area contributed by atoms with E-state index in [0.29, 0.717) is 4.47 Å². The average Bonchev–Trinajstić information content (AvgIpc) is 2.97. The summed E-state index contributed by atoms with van der Waals surface area (Å²) in [6.07, 6.45) is 1.30. The maximum absolute atomic E-state index is 10.7. The van der Waals surface area contributed by atoms with Gasteiger partial charge in [-0.1, -0.05) is 15.9 Å². The Balaban J connectivity index is 2.46. The monoisotopic (exact) mass is 285 g/mol. The van der Waals surface area contributed by atoms with E-state index in [1.807, 2.05) is 6.07 Å². The topological polar surface area (TPSA) is 63.4 Å². The summed E-state index contributed by atoms with van der Waals surface area (Å²) in [5.74, 6) is 0. The predicted molar refractivity (Wildman–Crippen MR) is 63.4 cm³/mol. The highest BCUT2D eigenvalue weighted by Crippen LogP contribution is 2.52. The Hall–Kier alpha value is -0.940. The number of non-ortho nitro benzene ring substituents is 1. The van der Waals surface area contributed by atoms with Crippen molar-refractivity contribution in [3.63, 3.8) is 0 Å². The highest BCUT2D eigenvalue weighted by molar-refractivity contribution is 9.10. The van der Waals surface area contributed by atoms with Gasteiger partial charge in [0.25, 0.3) is 5.69 Å². The molecule has 1 aliphatic carbocycles. The number of nitrogens with zero attached hydrogens (tertiary/aromatic N) is 1. The van der Waals surface area contributed by atoms with Gasteiger partial charge in [0.1, 0.15) is 0 Å². The molecule has 16 heavy (non-hydrogen) atoms. The first kappa shape index (κ1) is 11.5. The van der Waals surface area contributed by atoms with E-state index in [4.69, 9.17) is 0 Å². The molecule has 1 N–H and O–H groups in total. The van der Waals surface area contributed by atoms with Gasteiger partial charge in [-0.2, -0.15) is 0 Å². The lowest BCUT2D eigenvalue weighted by Gasteiger charge is -2.19. The molecular weight excluding hydrogens is 274 g/mol. The van der Waals surface area contributed by atoms with Crippen molar-refractivity contribution in [1.82, 2.24) is 0 Å². The molecule has 4 nitrogen and oxygen atoms in total. The van der Waals surface area contributed by atoms with E-state index in [1.54, 1.807) is 13.0 Å². The summed E-state index contributed by atoms with van der Waals surface area (Å²) in [6.45, 7) is 1.74. The minimum Gasteiger partial charge on any atom is -0.392 e. The third-order valence-corrected chi connectivity index (χ3v) is 3.71. The van der Waals surface area contributed by atoms with Crippen LogP contribution in [0, 0.1) is 10.1 Å². The molecular formula is C11H12BrNO3. The Bertz CT molecular complexity index is 441. The quantitative estimate of drug-likeness (QED) is 0.686. The van der Waals surface area contributed by atoms with Gasteiger partial charge in [0, 0.05) is 22.0 Å². The van der Waals surface area contributed by atoms with Crippen LogP contribution in [-0.4, -0.2) is 16.1 Å². The molecule has 0 saturated heterocycles. The molecule has 0 aromatic heterocycles. The van der Waals surface area contributed by atoms with Crippen LogP contribution in [-0.2, 0) is 5.41 Å². The second kappa shape index (κ2) is 3.82. The van der Waals surface area contributed by atoms with Crippen molar-refractivity contribution in [2.24, 2.45) is 0 Å². The van der Waals surface area contributed by atoms with E-state index >= 15 is 0 Å². The second-order valence-electron chi connectivity index (χ2n) is 4.29. The normalized spacial score (nSPS) is 19.2. The second-order valence-corrected chi connectivity index (χ2v) is 5.20. The van der Waals surface area contributed by atoms with Gasteiger partial charge in [0.2, 0.25) is 0 Å². The van der Waals surface area contributed by atoms with Crippen LogP contribution in [0.3, 0.4) is 0 Å². The van der Waals surface area contributed by atoms with Crippen LogP contribution < -0.4 is 0 Å². The molecule has 1 aliphatic rings. The number of nitro groups is 1. The summed E-state index contributed by atoms with van der Waals surface area (Å²) in [5, 5.41) is 20.5. The number of aliphatic hydroxyl groups excluding tert-OH is 1. The van der Waals surface area contributed by atoms with Crippen LogP contribution >= 0.6 is 15.9 Å². The molecule has 1 unspecified atom stereocenters. The summed E-state index contributed by atoms with van der Waals surface area (Å²) < 4.78 is 0.684. The Morgan fingerprint density at radius 1 is 1.50 bits per heavy atom. The molecule has 0 amide bonds. The molecule has 0 spiro atoms. The zero-order chi connectivity index (χ0) is 11.9. The third-order valence-electron chi connectivity index (χ3n) is 3.26. The van der Waals surface area contributed by atoms with E-state index in [-0.39, 0.29) is 11.1 Å². The van der Waals surface area contributed by atoms with Crippen molar-refractivity contribution >= 4 is 21.6 Å². The minimum absolute atomic E-state index is 0.0660. The van der Waals surface area contributed by atoms with Crippen LogP contribution in [0.2, 0.25) is 0 Å². The van der Waals surface area contributed by atoms with Gasteiger partial charge in [0.05, 0.1) is 11.0 Å². The van der Waals surface area contributed by atoms with E-state index in [0.717, 1.165) is 18.4 Å². The number of halogens is 1. The largest absolute Gasteiger partial charge is 0.392 e. The minimum atomic E-state index is -0.471. The Morgan fingerprint density at radius 3 is 2.56 bits per heavy atom. The number of hydrogen-bond acceptors (Lipinski definition) is 3. The van der Waals surface area contributed by atoms with E-state index in [1.165, 1.54) is 6.07 Å². The zero-order valence-corrected chi connectivity index (χ0v) is 10.4. The molecule has 2 rings (SSSR count). The first-order chi connectivity index (χ1) is 7.45. The number of benzene rings is 1. The third kappa shape index (κ3) is 1.85. The SMILES string of the molecule is CC(O)C1(c2cc(Br)cc([N+](=O)[O-])c2)CC1. The zero-order valence-electron chi connectivity index (χ0n) is 8.81. The molecule has 0 bridgehead atoms. The fourth-order valence-electron chi connectivity index (χ4n) is 2.05. The van der Waals surface area contributed by atoms with Crippen LogP contribution in [0.5, 0.6) is 0 Å². The first-order valence-electron chi connectivity index (χ1n) is 5.09. The maximum Gasteiger partial charge on any atom is 0.270 e. The fourth-order valence-corrected chi connectivity index (χ4v) is 2.53. The van der Waals surface area contributed by atoms with Crippen LogP contribution in [0.25, 0.3) is 0 Å². The van der Waals surface area contributed by atoms with Crippen LogP contribution in [0.1, 0.15) is 25.3 Å². The van der Waals surface area contributed by atoms with Gasteiger partial charge >= 0.3 is 0 Å². The molecule has 1 fully saturated rings. The standard InChI is InChI=1S/C11H12BrNO3/c1-7(14)11(2-3-11)8-4-9(12)6-10(5-8)13(15)16/h4-7,14H,2-3H2,1H3. The van der Waals surface area contributed by atoms with Crippen molar-refractivity contribution in [3.8, 4) is 0 Å². The molecule has 0 radical (unpaired) electrons. The summed E-state index contributed by atoms with van der Waals surface area (Å²) in [6, 6.07) is 4.89. The Labute approximate surface area is 102 Å². The number of aliphatic hydroxyl groups is 1. The fraction of sp³-hybridized carbons (Fsp3) is 0.455. The van der Waals surface area contributed by atoms with Crippen molar-refractivity contribution in [2.45, 2.75) is 31.3 Å². The first-order valence-corrected chi connectivity index (χ1v) is 5.88.